The maximum atomic E-state index is 13.0. The van der Waals surface area contributed by atoms with Crippen molar-refractivity contribution in [3.8, 4) is 11.5 Å². The fourth-order valence-electron chi connectivity index (χ4n) is 2.49. The Morgan fingerprint density at radius 1 is 1.08 bits per heavy atom. The van der Waals surface area contributed by atoms with E-state index in [9.17, 15) is 4.39 Å². The molecule has 0 aliphatic heterocycles. The first-order valence-corrected chi connectivity index (χ1v) is 9.07. The lowest BCUT2D eigenvalue weighted by atomic mass is 10.2. The zero-order valence-electron chi connectivity index (χ0n) is 14.9. The van der Waals surface area contributed by atoms with Crippen molar-refractivity contribution in [2.24, 2.45) is 0 Å². The van der Waals surface area contributed by atoms with Crippen LogP contribution in [0.4, 0.5) is 4.39 Å². The summed E-state index contributed by atoms with van der Waals surface area (Å²) < 4.78 is 24.2. The van der Waals surface area contributed by atoms with Crippen LogP contribution in [0.1, 0.15) is 30.4 Å². The van der Waals surface area contributed by atoms with Crippen molar-refractivity contribution in [2.75, 3.05) is 20.3 Å². The Morgan fingerprint density at radius 2 is 1.85 bits per heavy atom. The van der Waals surface area contributed by atoms with Crippen LogP contribution in [0.2, 0.25) is 5.02 Å². The highest BCUT2D eigenvalue weighted by Crippen LogP contribution is 2.34. The summed E-state index contributed by atoms with van der Waals surface area (Å²) in [6.45, 7) is 2.03. The Morgan fingerprint density at radius 3 is 2.54 bits per heavy atom. The first-order chi connectivity index (χ1) is 12.6. The number of nitrogens with one attached hydrogen (secondary N) is 1. The topological polar surface area (TPSA) is 50.7 Å². The molecule has 0 aliphatic carbocycles. The molecule has 2 aromatic carbocycles. The van der Waals surface area contributed by atoms with E-state index in [4.69, 9.17) is 26.2 Å². The summed E-state index contributed by atoms with van der Waals surface area (Å²) in [6, 6.07) is 9.77. The lowest BCUT2D eigenvalue weighted by Crippen LogP contribution is -2.15. The van der Waals surface area contributed by atoms with E-state index in [0.29, 0.717) is 29.7 Å². The molecule has 0 saturated carbocycles. The zero-order valence-corrected chi connectivity index (χ0v) is 15.7. The highest BCUT2D eigenvalue weighted by molar-refractivity contribution is 6.31. The maximum absolute atomic E-state index is 13.0. The fraction of sp³-hybridized carbons (Fsp3) is 0.400. The minimum absolute atomic E-state index is 0.239. The average molecular weight is 382 g/mol. The van der Waals surface area contributed by atoms with Gasteiger partial charge in [0.15, 0.2) is 11.5 Å². The van der Waals surface area contributed by atoms with E-state index in [1.165, 1.54) is 12.1 Å². The van der Waals surface area contributed by atoms with Gasteiger partial charge in [0.25, 0.3) is 0 Å². The minimum Gasteiger partial charge on any atom is -0.493 e. The first-order valence-electron chi connectivity index (χ1n) is 8.69. The number of methoxy groups -OCH3 is 1. The van der Waals surface area contributed by atoms with Gasteiger partial charge in [0.1, 0.15) is 12.4 Å². The molecule has 0 saturated heterocycles. The van der Waals surface area contributed by atoms with Crippen LogP contribution in [0.5, 0.6) is 11.5 Å². The summed E-state index contributed by atoms with van der Waals surface area (Å²) in [5, 5.41) is 12.7. The normalized spacial score (nSPS) is 10.8. The van der Waals surface area contributed by atoms with Crippen LogP contribution in [-0.2, 0) is 13.2 Å². The molecule has 0 atom stereocenters. The molecule has 142 valence electrons. The van der Waals surface area contributed by atoms with E-state index >= 15 is 0 Å². The molecular weight excluding hydrogens is 357 g/mol. The van der Waals surface area contributed by atoms with E-state index in [-0.39, 0.29) is 12.4 Å². The van der Waals surface area contributed by atoms with E-state index in [0.717, 1.165) is 36.9 Å². The maximum Gasteiger partial charge on any atom is 0.163 e. The second kappa shape index (κ2) is 11.0. The number of aliphatic hydroxyl groups excluding tert-OH is 1. The van der Waals surface area contributed by atoms with Crippen LogP contribution in [0.25, 0.3) is 0 Å². The molecule has 2 N–H and O–H groups in total. The Labute approximate surface area is 158 Å². The monoisotopic (exact) mass is 381 g/mol. The lowest BCUT2D eigenvalue weighted by molar-refractivity contribution is 0.282. The average Bonchev–Trinajstić information content (AvgIpc) is 2.65. The largest absolute Gasteiger partial charge is 0.493 e. The molecule has 2 aromatic rings. The molecule has 0 aliphatic rings. The van der Waals surface area contributed by atoms with Gasteiger partial charge in [-0.3, -0.25) is 0 Å². The van der Waals surface area contributed by atoms with Crippen LogP contribution in [0.3, 0.4) is 0 Å². The molecule has 0 aromatic heterocycles. The van der Waals surface area contributed by atoms with Gasteiger partial charge in [-0.25, -0.2) is 4.39 Å². The molecule has 4 nitrogen and oxygen atoms in total. The molecule has 0 fully saturated rings. The van der Waals surface area contributed by atoms with Crippen molar-refractivity contribution < 1.29 is 19.0 Å². The number of aliphatic hydroxyl groups is 1. The molecule has 0 radical (unpaired) electrons. The standard InChI is InChI=1S/C20H25ClFNO3/c1-25-19-11-16(13-23-9-3-2-4-10-24)18(21)12-20(19)26-14-15-5-7-17(22)8-6-15/h5-8,11-12,23-24H,2-4,9-10,13-14H2,1H3. The summed E-state index contributed by atoms with van der Waals surface area (Å²) in [7, 11) is 1.58. The third-order valence-electron chi connectivity index (χ3n) is 3.97. The van der Waals surface area contributed by atoms with Crippen molar-refractivity contribution in [2.45, 2.75) is 32.4 Å². The molecule has 6 heteroatoms. The Hall–Kier alpha value is -1.82. The van der Waals surface area contributed by atoms with Crippen LogP contribution in [-0.4, -0.2) is 25.4 Å². The number of ether oxygens (including phenoxy) is 2. The summed E-state index contributed by atoms with van der Waals surface area (Å²) in [5.74, 6) is 0.879. The quantitative estimate of drug-likeness (QED) is 0.569. The number of benzene rings is 2. The Kier molecular flexibility index (Phi) is 8.68. The van der Waals surface area contributed by atoms with E-state index in [1.54, 1.807) is 25.3 Å². The molecule has 0 spiro atoms. The highest BCUT2D eigenvalue weighted by atomic mass is 35.5. The van der Waals surface area contributed by atoms with E-state index < -0.39 is 0 Å². The second-order valence-electron chi connectivity index (χ2n) is 5.97. The Balaban J connectivity index is 1.93. The number of unbranched alkanes of at least 4 members (excludes halogenated alkanes) is 2. The van der Waals surface area contributed by atoms with Gasteiger partial charge >= 0.3 is 0 Å². The van der Waals surface area contributed by atoms with Gasteiger partial charge in [-0.2, -0.15) is 0 Å². The Bertz CT molecular complexity index is 680. The third-order valence-corrected chi connectivity index (χ3v) is 4.32. The summed E-state index contributed by atoms with van der Waals surface area (Å²) >= 11 is 6.37. The van der Waals surface area contributed by atoms with Gasteiger partial charge < -0.3 is 19.9 Å². The number of rotatable bonds is 11. The predicted molar refractivity (Wildman–Crippen MR) is 101 cm³/mol. The summed E-state index contributed by atoms with van der Waals surface area (Å²) in [5.41, 5.74) is 1.79. The summed E-state index contributed by atoms with van der Waals surface area (Å²) in [4.78, 5) is 0. The number of hydrogen-bond acceptors (Lipinski definition) is 4. The smallest absolute Gasteiger partial charge is 0.163 e. The van der Waals surface area contributed by atoms with Gasteiger partial charge in [0.05, 0.1) is 7.11 Å². The van der Waals surface area contributed by atoms with Crippen molar-refractivity contribution >= 4 is 11.6 Å². The van der Waals surface area contributed by atoms with Crippen molar-refractivity contribution in [1.29, 1.82) is 0 Å². The van der Waals surface area contributed by atoms with Gasteiger partial charge in [-0.1, -0.05) is 23.7 Å². The van der Waals surface area contributed by atoms with Gasteiger partial charge in [0, 0.05) is 24.2 Å². The second-order valence-corrected chi connectivity index (χ2v) is 6.38. The SMILES string of the molecule is COc1cc(CNCCCCCO)c(Cl)cc1OCc1ccc(F)cc1. The predicted octanol–water partition coefficient (Wildman–Crippen LogP) is 4.32. The molecule has 0 heterocycles. The molecule has 0 amide bonds. The van der Waals surface area contributed by atoms with Gasteiger partial charge in [0.2, 0.25) is 0 Å². The lowest BCUT2D eigenvalue weighted by Gasteiger charge is -2.14. The van der Waals surface area contributed by atoms with Crippen molar-refractivity contribution in [1.82, 2.24) is 5.32 Å². The van der Waals surface area contributed by atoms with Gasteiger partial charge in [-0.05, 0) is 55.1 Å². The van der Waals surface area contributed by atoms with Crippen LogP contribution >= 0.6 is 11.6 Å². The van der Waals surface area contributed by atoms with Crippen LogP contribution in [0.15, 0.2) is 36.4 Å². The van der Waals surface area contributed by atoms with E-state index in [1.807, 2.05) is 6.07 Å². The third kappa shape index (κ3) is 6.48. The number of hydrogen-bond donors (Lipinski definition) is 2. The molecular formula is C20H25ClFNO3. The van der Waals surface area contributed by atoms with E-state index in [2.05, 4.69) is 5.32 Å². The van der Waals surface area contributed by atoms with Crippen molar-refractivity contribution in [3.05, 3.63) is 58.4 Å². The molecule has 26 heavy (non-hydrogen) atoms. The van der Waals surface area contributed by atoms with Gasteiger partial charge in [-0.15, -0.1) is 0 Å². The minimum atomic E-state index is -0.275. The molecule has 0 unspecified atom stereocenters. The zero-order chi connectivity index (χ0) is 18.8. The van der Waals surface area contributed by atoms with Crippen molar-refractivity contribution in [3.63, 3.8) is 0 Å². The van der Waals surface area contributed by atoms with Crippen LogP contribution in [0, 0.1) is 5.82 Å². The van der Waals surface area contributed by atoms with Crippen LogP contribution < -0.4 is 14.8 Å². The molecule has 2 rings (SSSR count). The fourth-order valence-corrected chi connectivity index (χ4v) is 2.71. The number of halogens is 2. The summed E-state index contributed by atoms with van der Waals surface area (Å²) in [6.07, 6.45) is 2.83. The molecule has 0 bridgehead atoms. The highest BCUT2D eigenvalue weighted by Gasteiger charge is 2.11. The first kappa shape index (κ1) is 20.5.